The molecule has 1 rings (SSSR count). The smallest absolute Gasteiger partial charge is 0.417 e. The summed E-state index contributed by atoms with van der Waals surface area (Å²) in [5.41, 5.74) is -1.19. The van der Waals surface area contributed by atoms with Gasteiger partial charge in [-0.25, -0.2) is 14.4 Å². The number of carbonyl (C=O) groups is 3. The average Bonchev–Trinajstić information content (AvgIpc) is 3.05. The van der Waals surface area contributed by atoms with E-state index in [1.165, 1.54) is 6.92 Å². The van der Waals surface area contributed by atoms with E-state index in [4.69, 9.17) is 24.4 Å². The van der Waals surface area contributed by atoms with Crippen LogP contribution in [-0.4, -0.2) is 40.5 Å². The van der Waals surface area contributed by atoms with Crippen LogP contribution in [0, 0.1) is 5.41 Å². The van der Waals surface area contributed by atoms with E-state index in [1.807, 2.05) is 20.8 Å². The van der Waals surface area contributed by atoms with Crippen LogP contribution < -0.4 is 0 Å². The zero-order valence-electron chi connectivity index (χ0n) is 14.3. The summed E-state index contributed by atoms with van der Waals surface area (Å²) in [5.74, 6) is -5.07. The largest absolute Gasteiger partial charge is 0.473 e. The summed E-state index contributed by atoms with van der Waals surface area (Å²) < 4.78 is 10.1. The highest BCUT2D eigenvalue weighted by atomic mass is 17.4. The first-order valence-corrected chi connectivity index (χ1v) is 7.31. The zero-order chi connectivity index (χ0) is 18.1. The van der Waals surface area contributed by atoms with E-state index < -0.39 is 35.4 Å². The van der Waals surface area contributed by atoms with Gasteiger partial charge in [0.05, 0.1) is 0 Å². The van der Waals surface area contributed by atoms with E-state index in [1.54, 1.807) is 13.8 Å². The number of hydrogen-bond donors (Lipinski definition) is 1. The summed E-state index contributed by atoms with van der Waals surface area (Å²) in [7, 11) is 0. The summed E-state index contributed by atoms with van der Waals surface area (Å²) >= 11 is 0. The number of esters is 2. The molecule has 1 heterocycles. The molecular formula is C15H24O8. The van der Waals surface area contributed by atoms with Crippen LogP contribution in [0.2, 0.25) is 0 Å². The van der Waals surface area contributed by atoms with Crippen LogP contribution in [0.5, 0.6) is 0 Å². The molecule has 0 amide bonds. The lowest BCUT2D eigenvalue weighted by Gasteiger charge is -2.29. The molecular weight excluding hydrogens is 308 g/mol. The van der Waals surface area contributed by atoms with Crippen molar-refractivity contribution < 1.29 is 38.7 Å². The second-order valence-corrected chi connectivity index (χ2v) is 7.53. The van der Waals surface area contributed by atoms with Gasteiger partial charge in [-0.3, -0.25) is 0 Å². The van der Waals surface area contributed by atoms with Gasteiger partial charge in [-0.15, -0.1) is 0 Å². The van der Waals surface area contributed by atoms with Crippen molar-refractivity contribution in [1.29, 1.82) is 0 Å². The molecule has 1 N–H and O–H groups in total. The van der Waals surface area contributed by atoms with E-state index in [2.05, 4.69) is 0 Å². The third kappa shape index (κ3) is 6.15. The molecule has 1 unspecified atom stereocenters. The number of ether oxygens (including phenoxy) is 2. The minimum absolute atomic E-state index is 0.128. The third-order valence-electron chi connectivity index (χ3n) is 2.99. The van der Waals surface area contributed by atoms with Gasteiger partial charge >= 0.3 is 23.7 Å². The molecule has 8 heteroatoms. The van der Waals surface area contributed by atoms with Gasteiger partial charge < -0.3 is 14.6 Å². The number of carboxylic acid groups (broad SMARTS) is 1. The van der Waals surface area contributed by atoms with Gasteiger partial charge in [0.1, 0.15) is 11.7 Å². The number of carboxylic acids is 1. The molecule has 0 spiro atoms. The van der Waals surface area contributed by atoms with Crippen LogP contribution >= 0.6 is 0 Å². The fraction of sp³-hybridized carbons (Fsp3) is 0.800. The summed E-state index contributed by atoms with van der Waals surface area (Å²) in [5, 5.41) is 8.50. The van der Waals surface area contributed by atoms with Gasteiger partial charge in [-0.2, -0.15) is 9.78 Å². The van der Waals surface area contributed by atoms with E-state index in [9.17, 15) is 14.4 Å². The first kappa shape index (κ1) is 19.4. The predicted octanol–water partition coefficient (Wildman–Crippen LogP) is 1.81. The van der Waals surface area contributed by atoms with Gasteiger partial charge in [0, 0.05) is 12.8 Å². The highest BCUT2D eigenvalue weighted by Gasteiger charge is 2.61. The maximum Gasteiger partial charge on any atom is 0.417 e. The Balaban J connectivity index is 2.59. The first-order chi connectivity index (χ1) is 10.3. The summed E-state index contributed by atoms with van der Waals surface area (Å²) in [6, 6.07) is 0. The van der Waals surface area contributed by atoms with Gasteiger partial charge in [0.2, 0.25) is 0 Å². The molecule has 0 aliphatic carbocycles. The molecule has 1 aliphatic rings. The topological polar surface area (TPSA) is 115 Å². The van der Waals surface area contributed by atoms with E-state index >= 15 is 0 Å². The number of aliphatic carboxylic acids is 1. The number of hydrogen-bond acceptors (Lipinski definition) is 7. The third-order valence-corrected chi connectivity index (χ3v) is 2.99. The van der Waals surface area contributed by atoms with Gasteiger partial charge in [-0.1, -0.05) is 20.8 Å². The van der Waals surface area contributed by atoms with Gasteiger partial charge in [0.25, 0.3) is 0 Å². The Morgan fingerprint density at radius 1 is 1.13 bits per heavy atom. The lowest BCUT2D eigenvalue weighted by atomic mass is 9.88. The van der Waals surface area contributed by atoms with Crippen LogP contribution in [0.15, 0.2) is 0 Å². The SMILES string of the molecule is CC(CC(C)(C)OC(=O)C1(CC(C)(C)C)OO1)OC(=O)C(=O)O. The Labute approximate surface area is 135 Å². The fourth-order valence-electron chi connectivity index (χ4n) is 2.29. The maximum atomic E-state index is 12.3. The summed E-state index contributed by atoms with van der Waals surface area (Å²) in [6.07, 6.45) is -0.275. The molecule has 1 atom stereocenters. The molecule has 0 radical (unpaired) electrons. The van der Waals surface area contributed by atoms with Crippen molar-refractivity contribution in [2.24, 2.45) is 5.41 Å². The Kier molecular flexibility index (Phi) is 5.43. The quantitative estimate of drug-likeness (QED) is 0.339. The Morgan fingerprint density at radius 3 is 2.04 bits per heavy atom. The van der Waals surface area contributed by atoms with Crippen molar-refractivity contribution in [2.75, 3.05) is 0 Å². The number of carbonyl (C=O) groups excluding carboxylic acids is 2. The Morgan fingerprint density at radius 2 is 1.65 bits per heavy atom. The minimum atomic E-state index is -1.67. The van der Waals surface area contributed by atoms with Crippen LogP contribution in [0.25, 0.3) is 0 Å². The van der Waals surface area contributed by atoms with Gasteiger partial charge in [-0.05, 0) is 26.2 Å². The molecule has 0 saturated carbocycles. The number of rotatable bonds is 6. The molecule has 0 bridgehead atoms. The van der Waals surface area contributed by atoms with Crippen molar-refractivity contribution in [2.45, 2.75) is 71.9 Å². The molecule has 132 valence electrons. The lowest BCUT2D eigenvalue weighted by Crippen LogP contribution is -2.40. The molecule has 8 nitrogen and oxygen atoms in total. The fourth-order valence-corrected chi connectivity index (χ4v) is 2.29. The van der Waals surface area contributed by atoms with E-state index in [0.717, 1.165) is 0 Å². The van der Waals surface area contributed by atoms with Crippen LogP contribution in [0.3, 0.4) is 0 Å². The van der Waals surface area contributed by atoms with Crippen molar-refractivity contribution in [3.05, 3.63) is 0 Å². The molecule has 0 aromatic heterocycles. The maximum absolute atomic E-state index is 12.3. The molecule has 23 heavy (non-hydrogen) atoms. The highest BCUT2D eigenvalue weighted by Crippen LogP contribution is 2.42. The molecule has 0 aromatic rings. The van der Waals surface area contributed by atoms with Crippen molar-refractivity contribution in [3.8, 4) is 0 Å². The van der Waals surface area contributed by atoms with E-state index in [0.29, 0.717) is 6.42 Å². The summed E-state index contributed by atoms with van der Waals surface area (Å²) in [4.78, 5) is 43.4. The normalized spacial score (nSPS) is 18.0. The van der Waals surface area contributed by atoms with E-state index in [-0.39, 0.29) is 11.8 Å². The standard InChI is InChI=1S/C15H24O8/c1-9(20-11(18)10(16)17)7-14(5,6)21-12(19)15(22-23-15)8-13(2,3)4/h9H,7-8H2,1-6H3,(H,16,17). The zero-order valence-corrected chi connectivity index (χ0v) is 14.3. The van der Waals surface area contributed by atoms with Crippen molar-refractivity contribution in [1.82, 2.24) is 0 Å². The molecule has 1 fully saturated rings. The minimum Gasteiger partial charge on any atom is -0.473 e. The van der Waals surface area contributed by atoms with Crippen LogP contribution in [0.1, 0.15) is 54.4 Å². The molecule has 0 aromatic carbocycles. The Bertz CT molecular complexity index is 484. The van der Waals surface area contributed by atoms with Gasteiger partial charge in [0.15, 0.2) is 0 Å². The monoisotopic (exact) mass is 332 g/mol. The second-order valence-electron chi connectivity index (χ2n) is 7.53. The lowest BCUT2D eigenvalue weighted by molar-refractivity contribution is -0.174. The molecule has 1 saturated heterocycles. The predicted molar refractivity (Wildman–Crippen MR) is 77.0 cm³/mol. The molecule has 1 aliphatic heterocycles. The second kappa shape index (κ2) is 6.45. The van der Waals surface area contributed by atoms with Crippen LogP contribution in [0.4, 0.5) is 0 Å². The average molecular weight is 332 g/mol. The Hall–Kier alpha value is -1.67. The van der Waals surface area contributed by atoms with Crippen molar-refractivity contribution >= 4 is 17.9 Å². The first-order valence-electron chi connectivity index (χ1n) is 7.31. The highest BCUT2D eigenvalue weighted by molar-refractivity contribution is 6.28. The van der Waals surface area contributed by atoms with Crippen molar-refractivity contribution in [3.63, 3.8) is 0 Å². The van der Waals surface area contributed by atoms with Crippen LogP contribution in [-0.2, 0) is 33.6 Å². The summed E-state index contributed by atoms with van der Waals surface area (Å²) in [6.45, 7) is 10.6.